The Labute approximate surface area is 90.5 Å². The van der Waals surface area contributed by atoms with Gasteiger partial charge in [0, 0.05) is 12.2 Å². The molecule has 2 N–H and O–H groups in total. The van der Waals surface area contributed by atoms with Gasteiger partial charge in [0.15, 0.2) is 0 Å². The summed E-state index contributed by atoms with van der Waals surface area (Å²) in [5.41, 5.74) is 1.26. The highest BCUT2D eigenvalue weighted by Gasteiger charge is 2.26. The number of nitrogens with zero attached hydrogens (tertiary/aromatic N) is 1. The van der Waals surface area contributed by atoms with Crippen LogP contribution < -0.4 is 5.32 Å². The van der Waals surface area contributed by atoms with Gasteiger partial charge in [0.2, 0.25) is 0 Å². The number of hydrogen-bond acceptors (Lipinski definition) is 3. The van der Waals surface area contributed by atoms with Crippen molar-refractivity contribution in [3.8, 4) is 0 Å². The van der Waals surface area contributed by atoms with E-state index in [0.29, 0.717) is 12.0 Å². The zero-order chi connectivity index (χ0) is 10.8. The van der Waals surface area contributed by atoms with Crippen LogP contribution in [0, 0.1) is 0 Å². The lowest BCUT2D eigenvalue weighted by Gasteiger charge is -2.32. The van der Waals surface area contributed by atoms with E-state index in [1.54, 1.807) is 0 Å². The van der Waals surface area contributed by atoms with Crippen LogP contribution in [0.1, 0.15) is 38.2 Å². The second-order valence-corrected chi connectivity index (χ2v) is 4.60. The smallest absolute Gasteiger partial charge is 0.126 e. The molecule has 0 atom stereocenters. The predicted molar refractivity (Wildman–Crippen MR) is 61.0 cm³/mol. The van der Waals surface area contributed by atoms with Gasteiger partial charge in [-0.15, -0.1) is 0 Å². The molecule has 1 aliphatic rings. The Morgan fingerprint density at radius 2 is 2.13 bits per heavy atom. The van der Waals surface area contributed by atoms with E-state index in [1.807, 2.05) is 12.3 Å². The molecular weight excluding hydrogens is 188 g/mol. The Morgan fingerprint density at radius 1 is 1.40 bits per heavy atom. The summed E-state index contributed by atoms with van der Waals surface area (Å²) in [5.74, 6) is 1.44. The molecule has 1 fully saturated rings. The summed E-state index contributed by atoms with van der Waals surface area (Å²) in [7, 11) is 0. The molecule has 0 aromatic carbocycles. The topological polar surface area (TPSA) is 45.1 Å². The van der Waals surface area contributed by atoms with E-state index < -0.39 is 0 Å². The number of nitrogens with one attached hydrogen (secondary N) is 1. The minimum atomic E-state index is -0.113. The summed E-state index contributed by atoms with van der Waals surface area (Å²) >= 11 is 0. The zero-order valence-electron chi connectivity index (χ0n) is 9.27. The van der Waals surface area contributed by atoms with Crippen molar-refractivity contribution in [3.63, 3.8) is 0 Å². The second-order valence-electron chi connectivity index (χ2n) is 4.60. The average Bonchev–Trinajstić information content (AvgIpc) is 2.16. The first-order chi connectivity index (χ1) is 7.15. The third-order valence-electron chi connectivity index (χ3n) is 2.92. The molecule has 0 spiro atoms. The van der Waals surface area contributed by atoms with Crippen molar-refractivity contribution in [1.82, 2.24) is 4.98 Å². The van der Waals surface area contributed by atoms with Crippen molar-refractivity contribution in [2.45, 2.75) is 44.8 Å². The first kappa shape index (κ1) is 10.4. The fourth-order valence-corrected chi connectivity index (χ4v) is 1.75. The normalized spacial score (nSPS) is 25.1. The Morgan fingerprint density at radius 3 is 2.60 bits per heavy atom. The molecule has 2 rings (SSSR count). The Bertz CT molecular complexity index is 315. The molecule has 82 valence electrons. The molecule has 3 nitrogen and oxygen atoms in total. The van der Waals surface area contributed by atoms with Crippen molar-refractivity contribution in [2.75, 3.05) is 5.32 Å². The summed E-state index contributed by atoms with van der Waals surface area (Å²) in [6, 6.07) is 4.52. The fourth-order valence-electron chi connectivity index (χ4n) is 1.75. The average molecular weight is 206 g/mol. The standard InChI is InChI=1S/C12H18N2O/c1-8(2)9-3-4-12(13-7-9)14-10-5-11(15)6-10/h3-4,7-8,10-11,15H,5-6H2,1-2H3,(H,13,14). The Balaban J connectivity index is 1.92. The maximum Gasteiger partial charge on any atom is 0.126 e. The molecule has 1 heterocycles. The number of aromatic nitrogens is 1. The quantitative estimate of drug-likeness (QED) is 0.796. The van der Waals surface area contributed by atoms with Crippen LogP contribution in [0.4, 0.5) is 5.82 Å². The van der Waals surface area contributed by atoms with Crippen molar-refractivity contribution < 1.29 is 5.11 Å². The highest BCUT2D eigenvalue weighted by molar-refractivity contribution is 5.37. The maximum absolute atomic E-state index is 9.15. The fraction of sp³-hybridized carbons (Fsp3) is 0.583. The van der Waals surface area contributed by atoms with Crippen LogP contribution in [-0.2, 0) is 0 Å². The lowest BCUT2D eigenvalue weighted by Crippen LogP contribution is -2.39. The van der Waals surface area contributed by atoms with Gasteiger partial charge in [0.1, 0.15) is 5.82 Å². The van der Waals surface area contributed by atoms with Crippen LogP contribution in [0.2, 0.25) is 0 Å². The molecule has 0 radical (unpaired) electrons. The van der Waals surface area contributed by atoms with Crippen LogP contribution >= 0.6 is 0 Å². The number of anilines is 1. The van der Waals surface area contributed by atoms with Gasteiger partial charge in [-0.2, -0.15) is 0 Å². The first-order valence-corrected chi connectivity index (χ1v) is 5.55. The number of hydrogen-bond donors (Lipinski definition) is 2. The third-order valence-corrected chi connectivity index (χ3v) is 2.92. The van der Waals surface area contributed by atoms with Crippen molar-refractivity contribution in [1.29, 1.82) is 0 Å². The monoisotopic (exact) mass is 206 g/mol. The Kier molecular flexibility index (Phi) is 2.91. The molecule has 0 bridgehead atoms. The van der Waals surface area contributed by atoms with Gasteiger partial charge in [0.25, 0.3) is 0 Å². The van der Waals surface area contributed by atoms with Crippen LogP contribution in [0.5, 0.6) is 0 Å². The van der Waals surface area contributed by atoms with Crippen LogP contribution in [-0.4, -0.2) is 22.2 Å². The van der Waals surface area contributed by atoms with Crippen LogP contribution in [0.3, 0.4) is 0 Å². The minimum absolute atomic E-state index is 0.113. The number of aliphatic hydroxyl groups excluding tert-OH is 1. The molecule has 0 aliphatic heterocycles. The number of aliphatic hydroxyl groups is 1. The second kappa shape index (κ2) is 4.19. The minimum Gasteiger partial charge on any atom is -0.393 e. The van der Waals surface area contributed by atoms with E-state index in [9.17, 15) is 0 Å². The van der Waals surface area contributed by atoms with Gasteiger partial charge in [-0.1, -0.05) is 19.9 Å². The molecular formula is C12H18N2O. The Hall–Kier alpha value is -1.09. The van der Waals surface area contributed by atoms with Crippen molar-refractivity contribution in [3.05, 3.63) is 23.9 Å². The van der Waals surface area contributed by atoms with E-state index in [0.717, 1.165) is 18.7 Å². The van der Waals surface area contributed by atoms with E-state index >= 15 is 0 Å². The molecule has 0 unspecified atom stereocenters. The molecule has 1 aromatic rings. The summed E-state index contributed by atoms with van der Waals surface area (Å²) in [5, 5.41) is 12.5. The summed E-state index contributed by atoms with van der Waals surface area (Å²) in [6.45, 7) is 4.32. The largest absolute Gasteiger partial charge is 0.393 e. The van der Waals surface area contributed by atoms with Gasteiger partial charge in [-0.3, -0.25) is 0 Å². The van der Waals surface area contributed by atoms with E-state index in [4.69, 9.17) is 5.11 Å². The van der Waals surface area contributed by atoms with Crippen LogP contribution in [0.15, 0.2) is 18.3 Å². The molecule has 3 heteroatoms. The molecule has 1 saturated carbocycles. The third kappa shape index (κ3) is 2.48. The van der Waals surface area contributed by atoms with Gasteiger partial charge in [-0.05, 0) is 30.4 Å². The molecule has 15 heavy (non-hydrogen) atoms. The number of pyridine rings is 1. The summed E-state index contributed by atoms with van der Waals surface area (Å²) < 4.78 is 0. The zero-order valence-corrected chi connectivity index (χ0v) is 9.27. The van der Waals surface area contributed by atoms with Gasteiger partial charge < -0.3 is 10.4 Å². The highest BCUT2D eigenvalue weighted by atomic mass is 16.3. The van der Waals surface area contributed by atoms with Crippen molar-refractivity contribution in [2.24, 2.45) is 0 Å². The van der Waals surface area contributed by atoms with Gasteiger partial charge in [-0.25, -0.2) is 4.98 Å². The van der Waals surface area contributed by atoms with Gasteiger partial charge >= 0.3 is 0 Å². The highest BCUT2D eigenvalue weighted by Crippen LogP contribution is 2.23. The summed E-state index contributed by atoms with van der Waals surface area (Å²) in [6.07, 6.45) is 3.49. The first-order valence-electron chi connectivity index (χ1n) is 5.55. The molecule has 1 aromatic heterocycles. The molecule has 0 saturated heterocycles. The van der Waals surface area contributed by atoms with Crippen molar-refractivity contribution >= 4 is 5.82 Å². The molecule has 1 aliphatic carbocycles. The number of rotatable bonds is 3. The lowest BCUT2D eigenvalue weighted by atomic mass is 9.89. The van der Waals surface area contributed by atoms with E-state index in [2.05, 4.69) is 30.2 Å². The van der Waals surface area contributed by atoms with E-state index in [-0.39, 0.29) is 6.10 Å². The summed E-state index contributed by atoms with van der Waals surface area (Å²) in [4.78, 5) is 4.35. The maximum atomic E-state index is 9.15. The van der Waals surface area contributed by atoms with E-state index in [1.165, 1.54) is 5.56 Å². The van der Waals surface area contributed by atoms with Crippen LogP contribution in [0.25, 0.3) is 0 Å². The predicted octanol–water partition coefficient (Wildman–Crippen LogP) is 2.14. The molecule has 0 amide bonds. The SMILES string of the molecule is CC(C)c1ccc(NC2CC(O)C2)nc1. The lowest BCUT2D eigenvalue weighted by molar-refractivity contribution is 0.0835. The van der Waals surface area contributed by atoms with Gasteiger partial charge in [0.05, 0.1) is 6.10 Å².